The van der Waals surface area contributed by atoms with Crippen LogP contribution in [0.15, 0.2) is 48.5 Å². The minimum absolute atomic E-state index is 0.0821. The molecule has 0 aromatic heterocycles. The van der Waals surface area contributed by atoms with Crippen molar-refractivity contribution in [1.29, 1.82) is 0 Å². The highest BCUT2D eigenvalue weighted by Gasteiger charge is 2.13. The van der Waals surface area contributed by atoms with Crippen molar-refractivity contribution in [3.63, 3.8) is 0 Å². The number of hydrogen-bond donors (Lipinski definition) is 2. The van der Waals surface area contributed by atoms with Gasteiger partial charge in [-0.1, -0.05) is 56.3 Å². The number of aromatic hydroxyl groups is 1. The van der Waals surface area contributed by atoms with E-state index in [1.165, 1.54) is 6.07 Å². The van der Waals surface area contributed by atoms with Crippen molar-refractivity contribution in [3.05, 3.63) is 54.1 Å². The van der Waals surface area contributed by atoms with E-state index < -0.39 is 5.97 Å². The van der Waals surface area contributed by atoms with Crippen LogP contribution in [0.2, 0.25) is 0 Å². The summed E-state index contributed by atoms with van der Waals surface area (Å²) in [5, 5.41) is 18.7. The zero-order chi connectivity index (χ0) is 13.5. The summed E-state index contributed by atoms with van der Waals surface area (Å²) in [6.07, 6.45) is 0. The Labute approximate surface area is 106 Å². The zero-order valence-electron chi connectivity index (χ0n) is 10.4. The maximum absolute atomic E-state index is 10.8. The Hall–Kier alpha value is -2.29. The third-order valence-electron chi connectivity index (χ3n) is 2.35. The van der Waals surface area contributed by atoms with Gasteiger partial charge in [-0.3, -0.25) is 0 Å². The first-order valence-corrected chi connectivity index (χ1v) is 5.81. The molecule has 0 aliphatic carbocycles. The molecule has 0 bridgehead atoms. The second-order valence-electron chi connectivity index (χ2n) is 3.37. The molecular formula is C15H16O3. The molecule has 0 aliphatic rings. The third-order valence-corrected chi connectivity index (χ3v) is 2.35. The van der Waals surface area contributed by atoms with Crippen molar-refractivity contribution in [2.24, 2.45) is 0 Å². The molecule has 18 heavy (non-hydrogen) atoms. The Morgan fingerprint density at radius 1 is 0.944 bits per heavy atom. The molecule has 0 radical (unpaired) electrons. The van der Waals surface area contributed by atoms with Crippen LogP contribution in [0.5, 0.6) is 5.75 Å². The highest BCUT2D eigenvalue weighted by atomic mass is 16.4. The molecule has 2 aromatic rings. The molecule has 94 valence electrons. The third kappa shape index (κ3) is 2.88. The van der Waals surface area contributed by atoms with Crippen molar-refractivity contribution >= 4 is 5.97 Å². The van der Waals surface area contributed by atoms with Crippen LogP contribution in [0.3, 0.4) is 0 Å². The fraction of sp³-hybridized carbons (Fsp3) is 0.133. The molecule has 0 saturated carbocycles. The SMILES string of the molecule is CC.O=C(O)c1cccc(-c2ccccc2)c1O. The Kier molecular flexibility index (Phi) is 4.93. The van der Waals surface area contributed by atoms with E-state index in [1.807, 2.05) is 44.2 Å². The van der Waals surface area contributed by atoms with Crippen LogP contribution in [0.25, 0.3) is 11.1 Å². The predicted octanol–water partition coefficient (Wildman–Crippen LogP) is 3.78. The number of phenols is 1. The van der Waals surface area contributed by atoms with E-state index in [-0.39, 0.29) is 11.3 Å². The molecule has 2 rings (SSSR count). The van der Waals surface area contributed by atoms with Crippen molar-refractivity contribution in [2.75, 3.05) is 0 Å². The summed E-state index contributed by atoms with van der Waals surface area (Å²) in [6, 6.07) is 13.9. The van der Waals surface area contributed by atoms with Gasteiger partial charge in [0, 0.05) is 5.56 Å². The van der Waals surface area contributed by atoms with E-state index in [1.54, 1.807) is 12.1 Å². The van der Waals surface area contributed by atoms with Gasteiger partial charge in [0.1, 0.15) is 11.3 Å². The first-order chi connectivity index (χ1) is 8.70. The van der Waals surface area contributed by atoms with Crippen LogP contribution >= 0.6 is 0 Å². The van der Waals surface area contributed by atoms with Gasteiger partial charge in [-0.2, -0.15) is 0 Å². The predicted molar refractivity (Wildman–Crippen MR) is 71.9 cm³/mol. The number of hydrogen-bond acceptors (Lipinski definition) is 2. The number of rotatable bonds is 2. The first-order valence-electron chi connectivity index (χ1n) is 5.81. The molecule has 2 N–H and O–H groups in total. The second-order valence-corrected chi connectivity index (χ2v) is 3.37. The number of carbonyl (C=O) groups is 1. The number of carboxylic acid groups (broad SMARTS) is 1. The zero-order valence-corrected chi connectivity index (χ0v) is 10.4. The highest BCUT2D eigenvalue weighted by Crippen LogP contribution is 2.31. The Bertz CT molecular complexity index is 519. The monoisotopic (exact) mass is 244 g/mol. The minimum Gasteiger partial charge on any atom is -0.506 e. The first kappa shape index (κ1) is 13.8. The van der Waals surface area contributed by atoms with Crippen LogP contribution in [0, 0.1) is 0 Å². The summed E-state index contributed by atoms with van der Waals surface area (Å²) in [6.45, 7) is 4.00. The molecule has 0 unspecified atom stereocenters. The summed E-state index contributed by atoms with van der Waals surface area (Å²) in [5.74, 6) is -1.32. The Morgan fingerprint density at radius 3 is 2.11 bits per heavy atom. The lowest BCUT2D eigenvalue weighted by Gasteiger charge is -2.06. The molecule has 0 heterocycles. The van der Waals surface area contributed by atoms with Crippen molar-refractivity contribution in [3.8, 4) is 16.9 Å². The second kappa shape index (κ2) is 6.45. The molecule has 3 nitrogen and oxygen atoms in total. The molecule has 0 aliphatic heterocycles. The van der Waals surface area contributed by atoms with E-state index in [2.05, 4.69) is 0 Å². The van der Waals surface area contributed by atoms with Gasteiger partial charge in [-0.05, 0) is 11.6 Å². The standard InChI is InChI=1S/C13H10O3.C2H6/c14-12-10(9-5-2-1-3-6-9)7-4-8-11(12)13(15)16;1-2/h1-8,14H,(H,15,16);1-2H3. The van der Waals surface area contributed by atoms with E-state index in [4.69, 9.17) is 5.11 Å². The molecule has 0 atom stereocenters. The summed E-state index contributed by atoms with van der Waals surface area (Å²) in [5.41, 5.74) is 1.24. The summed E-state index contributed by atoms with van der Waals surface area (Å²) in [7, 11) is 0. The average Bonchev–Trinajstić information content (AvgIpc) is 2.42. The van der Waals surface area contributed by atoms with Crippen molar-refractivity contribution < 1.29 is 15.0 Å². The van der Waals surface area contributed by atoms with Gasteiger partial charge < -0.3 is 10.2 Å². The van der Waals surface area contributed by atoms with Crippen molar-refractivity contribution in [1.82, 2.24) is 0 Å². The number of benzene rings is 2. The van der Waals surface area contributed by atoms with Gasteiger partial charge >= 0.3 is 5.97 Å². The van der Waals surface area contributed by atoms with E-state index in [9.17, 15) is 9.90 Å². The summed E-state index contributed by atoms with van der Waals surface area (Å²) in [4.78, 5) is 10.8. The van der Waals surface area contributed by atoms with Gasteiger partial charge in [-0.25, -0.2) is 4.79 Å². The fourth-order valence-corrected chi connectivity index (χ4v) is 1.57. The van der Waals surface area contributed by atoms with Gasteiger partial charge in [0.05, 0.1) is 0 Å². The van der Waals surface area contributed by atoms with Crippen molar-refractivity contribution in [2.45, 2.75) is 13.8 Å². The average molecular weight is 244 g/mol. The maximum Gasteiger partial charge on any atom is 0.339 e. The smallest absolute Gasteiger partial charge is 0.339 e. The van der Waals surface area contributed by atoms with Gasteiger partial charge in [0.25, 0.3) is 0 Å². The molecule has 0 amide bonds. The molecule has 0 fully saturated rings. The molecular weight excluding hydrogens is 228 g/mol. The van der Waals surface area contributed by atoms with Crippen LogP contribution in [-0.2, 0) is 0 Å². The van der Waals surface area contributed by atoms with E-state index in [0.717, 1.165) is 5.56 Å². The van der Waals surface area contributed by atoms with Crippen LogP contribution < -0.4 is 0 Å². The number of aromatic carboxylic acids is 1. The highest BCUT2D eigenvalue weighted by molar-refractivity contribution is 5.94. The van der Waals surface area contributed by atoms with Gasteiger partial charge in [0.15, 0.2) is 0 Å². The topological polar surface area (TPSA) is 57.5 Å². The quantitative estimate of drug-likeness (QED) is 0.845. The summed E-state index contributed by atoms with van der Waals surface area (Å²) >= 11 is 0. The fourth-order valence-electron chi connectivity index (χ4n) is 1.57. The Morgan fingerprint density at radius 2 is 1.56 bits per heavy atom. The molecule has 3 heteroatoms. The molecule has 2 aromatic carbocycles. The Balaban J connectivity index is 0.000000771. The molecule has 0 saturated heterocycles. The number of carboxylic acids is 1. The normalized spacial score (nSPS) is 9.22. The minimum atomic E-state index is -1.13. The number of para-hydroxylation sites is 1. The maximum atomic E-state index is 10.8. The lowest BCUT2D eigenvalue weighted by molar-refractivity contribution is 0.0694. The summed E-state index contributed by atoms with van der Waals surface area (Å²) < 4.78 is 0. The van der Waals surface area contributed by atoms with Crippen LogP contribution in [-0.4, -0.2) is 16.2 Å². The van der Waals surface area contributed by atoms with Gasteiger partial charge in [-0.15, -0.1) is 0 Å². The largest absolute Gasteiger partial charge is 0.506 e. The van der Waals surface area contributed by atoms with Gasteiger partial charge in [0.2, 0.25) is 0 Å². The van der Waals surface area contributed by atoms with E-state index in [0.29, 0.717) is 5.56 Å². The molecule has 0 spiro atoms. The lowest BCUT2D eigenvalue weighted by atomic mass is 10.0. The van der Waals surface area contributed by atoms with E-state index >= 15 is 0 Å². The van der Waals surface area contributed by atoms with Crippen LogP contribution in [0.4, 0.5) is 0 Å². The van der Waals surface area contributed by atoms with Crippen LogP contribution in [0.1, 0.15) is 24.2 Å². The lowest BCUT2D eigenvalue weighted by Crippen LogP contribution is -1.97.